The van der Waals surface area contributed by atoms with Crippen molar-refractivity contribution in [3.8, 4) is 0 Å². The van der Waals surface area contributed by atoms with Crippen LogP contribution in [0.25, 0.3) is 0 Å². The number of hydrogen-bond acceptors (Lipinski definition) is 4. The third-order valence-electron chi connectivity index (χ3n) is 3.65. The molecule has 3 rings (SSSR count). The zero-order chi connectivity index (χ0) is 15.4. The summed E-state index contributed by atoms with van der Waals surface area (Å²) in [6.45, 7) is 1.98. The monoisotopic (exact) mass is 316 g/mol. The molecule has 1 aromatic carbocycles. The van der Waals surface area contributed by atoms with E-state index < -0.39 is 0 Å². The van der Waals surface area contributed by atoms with Crippen LogP contribution in [-0.4, -0.2) is 29.0 Å². The van der Waals surface area contributed by atoms with Crippen molar-refractivity contribution >= 4 is 29.1 Å². The number of nitrogens with zero attached hydrogens (tertiary/aromatic N) is 3. The summed E-state index contributed by atoms with van der Waals surface area (Å²) in [6, 6.07) is 6.93. The van der Waals surface area contributed by atoms with E-state index in [2.05, 4.69) is 20.2 Å². The van der Waals surface area contributed by atoms with Gasteiger partial charge in [-0.1, -0.05) is 23.7 Å². The summed E-state index contributed by atoms with van der Waals surface area (Å²) in [4.78, 5) is 23.0. The molecule has 1 aliphatic heterocycles. The van der Waals surface area contributed by atoms with Crippen LogP contribution in [0.15, 0.2) is 36.7 Å². The van der Waals surface area contributed by atoms with Crippen LogP contribution in [0.3, 0.4) is 0 Å². The van der Waals surface area contributed by atoms with E-state index in [9.17, 15) is 4.79 Å². The fraction of sp³-hybridized carbons (Fsp3) is 0.312. The van der Waals surface area contributed by atoms with Crippen molar-refractivity contribution < 1.29 is 4.79 Å². The lowest BCUT2D eigenvalue weighted by Gasteiger charge is -2.26. The molecule has 2 heterocycles. The van der Waals surface area contributed by atoms with Gasteiger partial charge >= 0.3 is 0 Å². The summed E-state index contributed by atoms with van der Waals surface area (Å²) in [5.74, 6) is 0.454. The lowest BCUT2D eigenvalue weighted by Crippen LogP contribution is -2.30. The molecule has 0 bridgehead atoms. The van der Waals surface area contributed by atoms with Crippen LogP contribution in [0.2, 0.25) is 5.02 Å². The predicted octanol–water partition coefficient (Wildman–Crippen LogP) is 3.37. The van der Waals surface area contributed by atoms with Crippen LogP contribution in [0, 0.1) is 0 Å². The Kier molecular flexibility index (Phi) is 4.53. The number of benzene rings is 1. The summed E-state index contributed by atoms with van der Waals surface area (Å²) < 4.78 is 0. The van der Waals surface area contributed by atoms with Crippen molar-refractivity contribution in [1.82, 2.24) is 9.97 Å². The van der Waals surface area contributed by atoms with Crippen molar-refractivity contribution in [3.63, 3.8) is 0 Å². The topological polar surface area (TPSA) is 58.1 Å². The molecule has 1 aliphatic rings. The average molecular weight is 317 g/mol. The molecule has 0 radical (unpaired) electrons. The number of nitrogens with one attached hydrogen (secondary N) is 1. The first-order valence-corrected chi connectivity index (χ1v) is 7.75. The van der Waals surface area contributed by atoms with Crippen LogP contribution >= 0.6 is 11.6 Å². The second-order valence-electron chi connectivity index (χ2n) is 5.25. The Hall–Kier alpha value is -2.14. The second-order valence-corrected chi connectivity index (χ2v) is 5.66. The van der Waals surface area contributed by atoms with E-state index in [1.54, 1.807) is 36.7 Å². The fourth-order valence-corrected chi connectivity index (χ4v) is 2.71. The molecule has 0 saturated carbocycles. The molecule has 0 atom stereocenters. The van der Waals surface area contributed by atoms with Crippen LogP contribution < -0.4 is 10.2 Å². The maximum absolute atomic E-state index is 12.2. The van der Waals surface area contributed by atoms with Gasteiger partial charge in [0, 0.05) is 13.1 Å². The van der Waals surface area contributed by atoms with Crippen LogP contribution in [0.4, 0.5) is 11.6 Å². The third kappa shape index (κ3) is 3.36. The largest absolute Gasteiger partial charge is 0.341 e. The number of hydrogen-bond donors (Lipinski definition) is 1. The number of piperidine rings is 1. The van der Waals surface area contributed by atoms with Crippen LogP contribution in [-0.2, 0) is 0 Å². The van der Waals surface area contributed by atoms with E-state index in [0.717, 1.165) is 19.0 Å². The summed E-state index contributed by atoms with van der Waals surface area (Å²) in [5.41, 5.74) is 0.995. The number of amides is 1. The van der Waals surface area contributed by atoms with E-state index in [1.165, 1.54) is 19.3 Å². The quantitative estimate of drug-likeness (QED) is 0.943. The van der Waals surface area contributed by atoms with Crippen molar-refractivity contribution in [1.29, 1.82) is 0 Å². The van der Waals surface area contributed by atoms with Gasteiger partial charge in [-0.2, -0.15) is 0 Å². The zero-order valence-corrected chi connectivity index (χ0v) is 12.9. The van der Waals surface area contributed by atoms with Gasteiger partial charge < -0.3 is 10.2 Å². The van der Waals surface area contributed by atoms with Crippen molar-refractivity contribution in [2.24, 2.45) is 0 Å². The summed E-state index contributed by atoms with van der Waals surface area (Å²) in [5, 5.41) is 3.18. The molecule has 22 heavy (non-hydrogen) atoms. The summed E-state index contributed by atoms with van der Waals surface area (Å²) >= 11 is 6.01. The minimum Gasteiger partial charge on any atom is -0.341 e. The van der Waals surface area contributed by atoms with E-state index in [-0.39, 0.29) is 5.91 Å². The van der Waals surface area contributed by atoms with Crippen molar-refractivity contribution in [2.75, 3.05) is 23.3 Å². The highest BCUT2D eigenvalue weighted by Crippen LogP contribution is 2.18. The molecule has 1 fully saturated rings. The number of carbonyl (C=O) groups excluding carboxylic acids is 1. The maximum atomic E-state index is 12.2. The molecule has 6 heteroatoms. The molecule has 0 unspecified atom stereocenters. The van der Waals surface area contributed by atoms with Crippen molar-refractivity contribution in [3.05, 3.63) is 47.2 Å². The van der Waals surface area contributed by atoms with Gasteiger partial charge in [-0.05, 0) is 31.4 Å². The molecular weight excluding hydrogens is 300 g/mol. The van der Waals surface area contributed by atoms with Crippen LogP contribution in [0.1, 0.15) is 29.6 Å². The average Bonchev–Trinajstić information content (AvgIpc) is 2.57. The van der Waals surface area contributed by atoms with E-state index >= 15 is 0 Å². The van der Waals surface area contributed by atoms with E-state index in [1.807, 2.05) is 0 Å². The third-order valence-corrected chi connectivity index (χ3v) is 3.98. The molecule has 1 amide bonds. The van der Waals surface area contributed by atoms with Gasteiger partial charge in [-0.3, -0.25) is 4.79 Å². The first-order chi connectivity index (χ1) is 10.7. The maximum Gasteiger partial charge on any atom is 0.257 e. The molecule has 0 spiro atoms. The van der Waals surface area contributed by atoms with Gasteiger partial charge in [-0.15, -0.1) is 0 Å². The highest BCUT2D eigenvalue weighted by Gasteiger charge is 2.14. The lowest BCUT2D eigenvalue weighted by atomic mass is 10.1. The van der Waals surface area contributed by atoms with Crippen molar-refractivity contribution in [2.45, 2.75) is 19.3 Å². The Labute approximate surface area is 134 Å². The summed E-state index contributed by atoms with van der Waals surface area (Å²) in [7, 11) is 0. The van der Waals surface area contributed by atoms with Gasteiger partial charge in [-0.25, -0.2) is 9.97 Å². The Morgan fingerprint density at radius 1 is 1.09 bits per heavy atom. The smallest absolute Gasteiger partial charge is 0.257 e. The SMILES string of the molecule is O=C(Nc1cnc(N2CCCCC2)nc1)c1ccccc1Cl. The Balaban J connectivity index is 1.68. The van der Waals surface area contributed by atoms with E-state index in [4.69, 9.17) is 11.6 Å². The molecule has 1 N–H and O–H groups in total. The van der Waals surface area contributed by atoms with Gasteiger partial charge in [0.25, 0.3) is 5.91 Å². The first-order valence-electron chi connectivity index (χ1n) is 7.37. The fourth-order valence-electron chi connectivity index (χ4n) is 2.49. The molecule has 0 aliphatic carbocycles. The first kappa shape index (κ1) is 14.8. The lowest BCUT2D eigenvalue weighted by molar-refractivity contribution is 0.102. The molecule has 5 nitrogen and oxygen atoms in total. The van der Waals surface area contributed by atoms with Crippen LogP contribution in [0.5, 0.6) is 0 Å². The van der Waals surface area contributed by atoms with Gasteiger partial charge in [0.2, 0.25) is 5.95 Å². The number of carbonyl (C=O) groups is 1. The highest BCUT2D eigenvalue weighted by molar-refractivity contribution is 6.34. The minimum atomic E-state index is -0.264. The predicted molar refractivity (Wildman–Crippen MR) is 87.5 cm³/mol. The minimum absolute atomic E-state index is 0.264. The number of aromatic nitrogens is 2. The molecule has 2 aromatic rings. The molecule has 114 valence electrons. The number of halogens is 1. The highest BCUT2D eigenvalue weighted by atomic mass is 35.5. The Morgan fingerprint density at radius 2 is 1.77 bits per heavy atom. The number of rotatable bonds is 3. The zero-order valence-electron chi connectivity index (χ0n) is 12.1. The molecule has 1 aromatic heterocycles. The molecule has 1 saturated heterocycles. The van der Waals surface area contributed by atoms with Gasteiger partial charge in [0.15, 0.2) is 0 Å². The van der Waals surface area contributed by atoms with E-state index in [0.29, 0.717) is 16.3 Å². The normalized spacial score (nSPS) is 14.7. The van der Waals surface area contributed by atoms with Gasteiger partial charge in [0.05, 0.1) is 28.7 Å². The number of anilines is 2. The Morgan fingerprint density at radius 3 is 2.45 bits per heavy atom. The summed E-state index contributed by atoms with van der Waals surface area (Å²) in [6.07, 6.45) is 6.88. The Bertz CT molecular complexity index is 653. The second kappa shape index (κ2) is 6.75. The standard InChI is InChI=1S/C16H17ClN4O/c17-14-7-3-2-6-13(14)15(22)20-12-10-18-16(19-11-12)21-8-4-1-5-9-21/h2-3,6-7,10-11H,1,4-5,8-9H2,(H,20,22). The molecular formula is C16H17ClN4O. The van der Waals surface area contributed by atoms with Gasteiger partial charge in [0.1, 0.15) is 0 Å².